The van der Waals surface area contributed by atoms with Crippen LogP contribution in [0.1, 0.15) is 23.0 Å². The minimum Gasteiger partial charge on any atom is -0.461 e. The molecule has 0 fully saturated rings. The van der Waals surface area contributed by atoms with Crippen LogP contribution < -0.4 is 5.63 Å². The topological polar surface area (TPSA) is 72.3 Å². The number of carbonyl (C=O) groups excluding carboxylic acids is 1. The number of benzene rings is 1. The Morgan fingerprint density at radius 1 is 1.30 bits per heavy atom. The molecule has 8 heteroatoms. The van der Waals surface area contributed by atoms with Gasteiger partial charge in [-0.2, -0.15) is 13.2 Å². The predicted molar refractivity (Wildman–Crippen MR) is 75.3 cm³/mol. The molecule has 0 spiro atoms. The Morgan fingerprint density at radius 3 is 2.65 bits per heavy atom. The number of aromatic amines is 1. The number of fused-ring (bicyclic) bond motifs is 3. The first-order valence-electron chi connectivity index (χ1n) is 6.66. The zero-order chi connectivity index (χ0) is 16.8. The summed E-state index contributed by atoms with van der Waals surface area (Å²) in [4.78, 5) is 26.2. The number of rotatable bonds is 2. The molecular weight excluding hydrogens is 315 g/mol. The van der Waals surface area contributed by atoms with Gasteiger partial charge in [0.25, 0.3) is 0 Å². The predicted octanol–water partition coefficient (Wildman–Crippen LogP) is 3.47. The van der Waals surface area contributed by atoms with Crippen LogP contribution in [0.15, 0.2) is 33.5 Å². The van der Waals surface area contributed by atoms with Crippen molar-refractivity contribution in [2.75, 3.05) is 6.61 Å². The van der Waals surface area contributed by atoms with Crippen molar-refractivity contribution < 1.29 is 27.1 Å². The fourth-order valence-corrected chi connectivity index (χ4v) is 2.46. The Balaban J connectivity index is 2.49. The number of alkyl halides is 3. The van der Waals surface area contributed by atoms with Crippen molar-refractivity contribution in [2.24, 2.45) is 0 Å². The highest BCUT2D eigenvalue weighted by molar-refractivity contribution is 6.08. The maximum Gasteiger partial charge on any atom is 0.419 e. The number of halogens is 3. The van der Waals surface area contributed by atoms with Gasteiger partial charge in [0.1, 0.15) is 16.8 Å². The molecule has 3 aromatic rings. The average molecular weight is 325 g/mol. The lowest BCUT2D eigenvalue weighted by molar-refractivity contribution is -0.136. The van der Waals surface area contributed by atoms with E-state index in [0.29, 0.717) is 0 Å². The summed E-state index contributed by atoms with van der Waals surface area (Å²) in [5, 5.41) is -0.442. The SMILES string of the molecule is CCOC(=O)c1[nH]c2c(c1C(F)(F)F)c(=O)oc1ccccc12. The van der Waals surface area contributed by atoms with E-state index in [1.165, 1.54) is 19.1 Å². The monoisotopic (exact) mass is 325 g/mol. The van der Waals surface area contributed by atoms with E-state index >= 15 is 0 Å². The molecule has 0 unspecified atom stereocenters. The van der Waals surface area contributed by atoms with Crippen LogP contribution in [0.3, 0.4) is 0 Å². The maximum absolute atomic E-state index is 13.4. The molecule has 0 saturated heterocycles. The summed E-state index contributed by atoms with van der Waals surface area (Å²) in [7, 11) is 0. The summed E-state index contributed by atoms with van der Waals surface area (Å²) in [6.07, 6.45) is -4.92. The Morgan fingerprint density at radius 2 is 2.00 bits per heavy atom. The largest absolute Gasteiger partial charge is 0.461 e. The van der Waals surface area contributed by atoms with Crippen LogP contribution in [-0.4, -0.2) is 17.6 Å². The number of H-pyrrole nitrogens is 1. The summed E-state index contributed by atoms with van der Waals surface area (Å²) in [6, 6.07) is 6.11. The zero-order valence-corrected chi connectivity index (χ0v) is 11.8. The van der Waals surface area contributed by atoms with Gasteiger partial charge in [0.15, 0.2) is 0 Å². The van der Waals surface area contributed by atoms with E-state index in [0.717, 1.165) is 0 Å². The van der Waals surface area contributed by atoms with E-state index in [1.54, 1.807) is 12.1 Å². The normalized spacial score (nSPS) is 12.0. The summed E-state index contributed by atoms with van der Waals surface area (Å²) in [5.74, 6) is -1.18. The molecule has 23 heavy (non-hydrogen) atoms. The Bertz CT molecular complexity index is 968. The van der Waals surface area contributed by atoms with Crippen LogP contribution in [0, 0.1) is 0 Å². The minimum atomic E-state index is -4.92. The molecule has 0 amide bonds. The number of ether oxygens (including phenoxy) is 1. The van der Waals surface area contributed by atoms with Crippen molar-refractivity contribution >= 4 is 27.8 Å². The van der Waals surface area contributed by atoms with Crippen molar-refractivity contribution in [1.29, 1.82) is 0 Å². The molecule has 0 aliphatic rings. The Labute approximate surface area is 126 Å². The van der Waals surface area contributed by atoms with Crippen molar-refractivity contribution in [3.05, 3.63) is 45.9 Å². The Hall–Kier alpha value is -2.77. The van der Waals surface area contributed by atoms with E-state index in [-0.39, 0.29) is 23.1 Å². The highest BCUT2D eigenvalue weighted by Gasteiger charge is 2.41. The van der Waals surface area contributed by atoms with Crippen LogP contribution in [-0.2, 0) is 10.9 Å². The second-order valence-corrected chi connectivity index (χ2v) is 4.73. The number of aromatic nitrogens is 1. The Kier molecular flexibility index (Phi) is 3.39. The van der Waals surface area contributed by atoms with Crippen molar-refractivity contribution in [2.45, 2.75) is 13.1 Å². The fourth-order valence-electron chi connectivity index (χ4n) is 2.46. The lowest BCUT2D eigenvalue weighted by Gasteiger charge is -2.07. The number of hydrogen-bond donors (Lipinski definition) is 1. The first-order valence-corrected chi connectivity index (χ1v) is 6.66. The molecule has 120 valence electrons. The van der Waals surface area contributed by atoms with E-state index in [4.69, 9.17) is 4.42 Å². The van der Waals surface area contributed by atoms with E-state index < -0.39 is 34.4 Å². The van der Waals surface area contributed by atoms with Gasteiger partial charge in [0.2, 0.25) is 0 Å². The third-order valence-electron chi connectivity index (χ3n) is 3.33. The van der Waals surface area contributed by atoms with E-state index in [1.807, 2.05) is 0 Å². The van der Waals surface area contributed by atoms with Crippen LogP contribution >= 0.6 is 0 Å². The molecule has 0 saturated carbocycles. The second kappa shape index (κ2) is 5.15. The molecule has 2 aromatic heterocycles. The molecule has 1 N–H and O–H groups in total. The fraction of sp³-hybridized carbons (Fsp3) is 0.200. The van der Waals surface area contributed by atoms with Gasteiger partial charge in [-0.05, 0) is 19.1 Å². The second-order valence-electron chi connectivity index (χ2n) is 4.73. The van der Waals surface area contributed by atoms with Gasteiger partial charge in [0.05, 0.1) is 17.5 Å². The quantitative estimate of drug-likeness (QED) is 0.578. The number of carbonyl (C=O) groups is 1. The van der Waals surface area contributed by atoms with Gasteiger partial charge in [-0.15, -0.1) is 0 Å². The number of nitrogens with one attached hydrogen (secondary N) is 1. The molecule has 0 atom stereocenters. The third-order valence-corrected chi connectivity index (χ3v) is 3.33. The van der Waals surface area contributed by atoms with Crippen LogP contribution in [0.5, 0.6) is 0 Å². The first-order chi connectivity index (χ1) is 10.8. The van der Waals surface area contributed by atoms with Crippen molar-refractivity contribution in [3.8, 4) is 0 Å². The molecule has 0 aliphatic carbocycles. The van der Waals surface area contributed by atoms with E-state index in [2.05, 4.69) is 9.72 Å². The van der Waals surface area contributed by atoms with Gasteiger partial charge < -0.3 is 14.1 Å². The van der Waals surface area contributed by atoms with Gasteiger partial charge >= 0.3 is 17.8 Å². The molecule has 3 rings (SSSR count). The molecule has 1 aromatic carbocycles. The van der Waals surface area contributed by atoms with Crippen LogP contribution in [0.25, 0.3) is 21.9 Å². The maximum atomic E-state index is 13.4. The molecule has 0 radical (unpaired) electrons. The molecule has 2 heterocycles. The lowest BCUT2D eigenvalue weighted by Crippen LogP contribution is -2.16. The molecule has 0 aliphatic heterocycles. The number of para-hydroxylation sites is 1. The molecular formula is C15H10F3NO4. The van der Waals surface area contributed by atoms with Crippen molar-refractivity contribution in [1.82, 2.24) is 4.98 Å². The summed E-state index contributed by atoms with van der Waals surface area (Å²) in [6.45, 7) is 1.37. The minimum absolute atomic E-state index is 0.0964. The van der Waals surface area contributed by atoms with Crippen molar-refractivity contribution in [3.63, 3.8) is 0 Å². The zero-order valence-electron chi connectivity index (χ0n) is 11.8. The third kappa shape index (κ3) is 2.36. The summed E-state index contributed by atoms with van der Waals surface area (Å²) >= 11 is 0. The molecule has 5 nitrogen and oxygen atoms in total. The lowest BCUT2D eigenvalue weighted by atomic mass is 10.1. The number of esters is 1. The smallest absolute Gasteiger partial charge is 0.419 e. The van der Waals surface area contributed by atoms with Gasteiger partial charge in [0, 0.05) is 5.39 Å². The van der Waals surface area contributed by atoms with Gasteiger partial charge in [-0.3, -0.25) is 0 Å². The van der Waals surface area contributed by atoms with Gasteiger partial charge in [-0.1, -0.05) is 12.1 Å². The first kappa shape index (κ1) is 15.1. The van der Waals surface area contributed by atoms with Gasteiger partial charge in [-0.25, -0.2) is 9.59 Å². The summed E-state index contributed by atoms with van der Waals surface area (Å²) in [5.41, 5.74) is -3.33. The standard InChI is InChI=1S/C15H10F3NO4/c1-2-22-14(21)12-10(15(16,17)18)9-11(19-12)7-5-3-4-6-8(7)23-13(9)20/h3-6,19H,2H2,1H3. The number of hydrogen-bond acceptors (Lipinski definition) is 4. The van der Waals surface area contributed by atoms with Crippen LogP contribution in [0.2, 0.25) is 0 Å². The highest BCUT2D eigenvalue weighted by atomic mass is 19.4. The van der Waals surface area contributed by atoms with E-state index in [9.17, 15) is 22.8 Å². The molecule has 0 bridgehead atoms. The average Bonchev–Trinajstić information content (AvgIpc) is 2.89. The van der Waals surface area contributed by atoms with Crippen LogP contribution in [0.4, 0.5) is 13.2 Å². The summed E-state index contributed by atoms with van der Waals surface area (Å²) < 4.78 is 49.7. The highest BCUT2D eigenvalue weighted by Crippen LogP contribution is 2.38.